The van der Waals surface area contributed by atoms with E-state index in [1.807, 2.05) is 34.7 Å². The number of hydrogen-bond acceptors (Lipinski definition) is 4. The first-order valence-electron chi connectivity index (χ1n) is 7.27. The molecule has 2 heterocycles. The number of nitrogens with zero attached hydrogens (tertiary/aromatic N) is 3. The van der Waals surface area contributed by atoms with Gasteiger partial charge in [-0.1, -0.05) is 43.8 Å². The molecule has 114 valence electrons. The van der Waals surface area contributed by atoms with Crippen LogP contribution in [0.2, 0.25) is 0 Å². The third-order valence-electron chi connectivity index (χ3n) is 3.29. The molecule has 1 amide bonds. The Kier molecular flexibility index (Phi) is 4.29. The number of rotatable bonds is 5. The van der Waals surface area contributed by atoms with E-state index in [1.54, 1.807) is 0 Å². The Labute approximate surface area is 133 Å². The first-order valence-corrected chi connectivity index (χ1v) is 8.26. The molecule has 0 fully saturated rings. The van der Waals surface area contributed by atoms with Crippen molar-refractivity contribution < 1.29 is 4.79 Å². The molecular formula is C16H18N4OS. The molecule has 22 heavy (non-hydrogen) atoms. The molecule has 1 N–H and O–H groups in total. The van der Waals surface area contributed by atoms with Crippen molar-refractivity contribution in [1.29, 1.82) is 0 Å². The zero-order valence-corrected chi connectivity index (χ0v) is 13.4. The minimum absolute atomic E-state index is 0.0238. The molecule has 0 spiro atoms. The smallest absolute Gasteiger partial charge is 0.230 e. The lowest BCUT2D eigenvalue weighted by molar-refractivity contribution is -0.118. The Morgan fingerprint density at radius 3 is 2.86 bits per heavy atom. The van der Waals surface area contributed by atoms with E-state index in [2.05, 4.69) is 35.4 Å². The summed E-state index contributed by atoms with van der Waals surface area (Å²) in [6, 6.07) is 12.1. The average Bonchev–Trinajstić information content (AvgIpc) is 2.94. The van der Waals surface area contributed by atoms with Gasteiger partial charge in [-0.05, 0) is 29.5 Å². The van der Waals surface area contributed by atoms with Crippen molar-refractivity contribution in [3.8, 4) is 0 Å². The monoisotopic (exact) mass is 314 g/mol. The summed E-state index contributed by atoms with van der Waals surface area (Å²) in [6.07, 6.45) is 0. The third-order valence-corrected chi connectivity index (χ3v) is 4.22. The van der Waals surface area contributed by atoms with Gasteiger partial charge >= 0.3 is 0 Å². The maximum atomic E-state index is 11.9. The number of para-hydroxylation sites is 1. The van der Waals surface area contributed by atoms with E-state index in [9.17, 15) is 4.79 Å². The van der Waals surface area contributed by atoms with Crippen molar-refractivity contribution in [3.63, 3.8) is 0 Å². The molecule has 3 rings (SSSR count). The van der Waals surface area contributed by atoms with Crippen LogP contribution in [0.4, 0.5) is 0 Å². The molecule has 2 aromatic heterocycles. The van der Waals surface area contributed by atoms with Crippen LogP contribution in [0, 0.1) is 5.92 Å². The van der Waals surface area contributed by atoms with Gasteiger partial charge in [0.1, 0.15) is 0 Å². The van der Waals surface area contributed by atoms with Gasteiger partial charge in [-0.15, -0.1) is 10.2 Å². The summed E-state index contributed by atoms with van der Waals surface area (Å²) >= 11 is 1.41. The molecule has 0 radical (unpaired) electrons. The predicted molar refractivity (Wildman–Crippen MR) is 89.1 cm³/mol. The number of pyridine rings is 1. The molecule has 6 heteroatoms. The number of amides is 1. The molecular weight excluding hydrogens is 296 g/mol. The summed E-state index contributed by atoms with van der Waals surface area (Å²) in [6.45, 7) is 4.85. The summed E-state index contributed by atoms with van der Waals surface area (Å²) in [5.41, 5.74) is 1.85. The lowest BCUT2D eigenvalue weighted by Crippen LogP contribution is -2.28. The fourth-order valence-electron chi connectivity index (χ4n) is 2.20. The Morgan fingerprint density at radius 2 is 2.05 bits per heavy atom. The Hall–Kier alpha value is -2.08. The molecule has 0 aliphatic carbocycles. The second-order valence-electron chi connectivity index (χ2n) is 5.55. The van der Waals surface area contributed by atoms with Crippen LogP contribution in [-0.2, 0) is 4.79 Å². The van der Waals surface area contributed by atoms with Crippen molar-refractivity contribution in [2.24, 2.45) is 5.92 Å². The summed E-state index contributed by atoms with van der Waals surface area (Å²) < 4.78 is 2.00. The number of thioether (sulfide) groups is 1. The fourth-order valence-corrected chi connectivity index (χ4v) is 2.99. The lowest BCUT2D eigenvalue weighted by atomic mass is 10.2. The van der Waals surface area contributed by atoms with Gasteiger partial charge in [-0.25, -0.2) is 0 Å². The summed E-state index contributed by atoms with van der Waals surface area (Å²) in [5, 5.41) is 13.2. The SMILES string of the molecule is CC(C)CNC(=O)CSc1nnc2ccc3ccccc3n12. The van der Waals surface area contributed by atoms with Crippen LogP contribution in [0.5, 0.6) is 0 Å². The standard InChI is InChI=1S/C16H18N4OS/c1-11(2)9-17-15(21)10-22-16-19-18-14-8-7-12-5-3-4-6-13(12)20(14)16/h3-8,11H,9-10H2,1-2H3,(H,17,21). The van der Waals surface area contributed by atoms with Crippen LogP contribution >= 0.6 is 11.8 Å². The molecule has 1 aromatic carbocycles. The molecule has 0 bridgehead atoms. The van der Waals surface area contributed by atoms with E-state index in [0.717, 1.165) is 21.7 Å². The highest BCUT2D eigenvalue weighted by atomic mass is 32.2. The van der Waals surface area contributed by atoms with Crippen LogP contribution in [-0.4, -0.2) is 32.8 Å². The Balaban J connectivity index is 1.82. The van der Waals surface area contributed by atoms with Gasteiger partial charge in [0, 0.05) is 6.54 Å². The van der Waals surface area contributed by atoms with E-state index in [0.29, 0.717) is 18.2 Å². The maximum absolute atomic E-state index is 11.9. The van der Waals surface area contributed by atoms with Gasteiger partial charge in [0.05, 0.1) is 11.3 Å². The quantitative estimate of drug-likeness (QED) is 0.736. The van der Waals surface area contributed by atoms with Gasteiger partial charge in [0.25, 0.3) is 0 Å². The van der Waals surface area contributed by atoms with Gasteiger partial charge in [-0.2, -0.15) is 0 Å². The molecule has 0 aliphatic heterocycles. The highest BCUT2D eigenvalue weighted by Gasteiger charge is 2.11. The number of benzene rings is 1. The Morgan fingerprint density at radius 1 is 1.23 bits per heavy atom. The van der Waals surface area contributed by atoms with Crippen LogP contribution in [0.15, 0.2) is 41.6 Å². The van der Waals surface area contributed by atoms with Crippen molar-refractivity contribution in [3.05, 3.63) is 36.4 Å². The fraction of sp³-hybridized carbons (Fsp3) is 0.312. The van der Waals surface area contributed by atoms with Crippen molar-refractivity contribution in [2.45, 2.75) is 19.0 Å². The number of carbonyl (C=O) groups excluding carboxylic acids is 1. The first-order chi connectivity index (χ1) is 10.6. The average molecular weight is 314 g/mol. The molecule has 0 aliphatic rings. The molecule has 5 nitrogen and oxygen atoms in total. The third kappa shape index (κ3) is 3.06. The van der Waals surface area contributed by atoms with E-state index < -0.39 is 0 Å². The predicted octanol–water partition coefficient (Wildman–Crippen LogP) is 2.75. The second-order valence-corrected chi connectivity index (χ2v) is 6.50. The van der Waals surface area contributed by atoms with E-state index in [4.69, 9.17) is 0 Å². The van der Waals surface area contributed by atoms with Crippen LogP contribution in [0.25, 0.3) is 16.6 Å². The topological polar surface area (TPSA) is 59.3 Å². The largest absolute Gasteiger partial charge is 0.355 e. The highest BCUT2D eigenvalue weighted by molar-refractivity contribution is 7.99. The number of fused-ring (bicyclic) bond motifs is 3. The highest BCUT2D eigenvalue weighted by Crippen LogP contribution is 2.22. The normalized spacial score (nSPS) is 11.4. The first kappa shape index (κ1) is 14.8. The minimum Gasteiger partial charge on any atom is -0.355 e. The Bertz CT molecular complexity index is 812. The molecule has 0 unspecified atom stereocenters. The van der Waals surface area contributed by atoms with Crippen LogP contribution in [0.3, 0.4) is 0 Å². The van der Waals surface area contributed by atoms with Gasteiger partial charge in [0.15, 0.2) is 10.8 Å². The zero-order valence-electron chi connectivity index (χ0n) is 12.6. The molecule has 0 saturated heterocycles. The van der Waals surface area contributed by atoms with E-state index >= 15 is 0 Å². The number of carbonyl (C=O) groups is 1. The van der Waals surface area contributed by atoms with Crippen LogP contribution in [0.1, 0.15) is 13.8 Å². The number of aromatic nitrogens is 3. The summed E-state index contributed by atoms with van der Waals surface area (Å²) in [7, 11) is 0. The van der Waals surface area contributed by atoms with Gasteiger partial charge in [-0.3, -0.25) is 9.20 Å². The van der Waals surface area contributed by atoms with Gasteiger partial charge in [0.2, 0.25) is 5.91 Å². The van der Waals surface area contributed by atoms with Crippen molar-refractivity contribution in [1.82, 2.24) is 19.9 Å². The molecule has 0 atom stereocenters. The lowest BCUT2D eigenvalue weighted by Gasteiger charge is -2.07. The van der Waals surface area contributed by atoms with Crippen molar-refractivity contribution in [2.75, 3.05) is 12.3 Å². The van der Waals surface area contributed by atoms with Gasteiger partial charge < -0.3 is 5.32 Å². The number of nitrogens with one attached hydrogen (secondary N) is 1. The number of hydrogen-bond donors (Lipinski definition) is 1. The minimum atomic E-state index is 0.0238. The van der Waals surface area contributed by atoms with E-state index in [-0.39, 0.29) is 5.91 Å². The molecule has 0 saturated carbocycles. The summed E-state index contributed by atoms with van der Waals surface area (Å²) in [5.74, 6) is 0.819. The zero-order chi connectivity index (χ0) is 15.5. The molecule has 3 aromatic rings. The van der Waals surface area contributed by atoms with Crippen molar-refractivity contribution >= 4 is 34.2 Å². The van der Waals surface area contributed by atoms with Crippen LogP contribution < -0.4 is 5.32 Å². The van der Waals surface area contributed by atoms with E-state index in [1.165, 1.54) is 11.8 Å². The second kappa shape index (κ2) is 6.36. The summed E-state index contributed by atoms with van der Waals surface area (Å²) in [4.78, 5) is 11.9. The maximum Gasteiger partial charge on any atom is 0.230 e.